The number of nitrogens with zero attached hydrogens (tertiary/aromatic N) is 2. The van der Waals surface area contributed by atoms with Gasteiger partial charge in [-0.05, 0) is 53.3 Å². The molecule has 0 amide bonds. The van der Waals surface area contributed by atoms with Gasteiger partial charge in [0.05, 0.1) is 19.3 Å². The maximum absolute atomic E-state index is 6.42. The summed E-state index contributed by atoms with van der Waals surface area (Å²) >= 11 is 5.78. The number of ether oxygens (including phenoxy) is 1. The summed E-state index contributed by atoms with van der Waals surface area (Å²) in [6.45, 7) is 2.80. The number of methoxy groups -OCH3 is 1. The molecule has 4 nitrogen and oxygen atoms in total. The molecule has 2 N–H and O–H groups in total. The largest absolute Gasteiger partial charge is 0.493 e. The fourth-order valence-electron chi connectivity index (χ4n) is 2.00. The van der Waals surface area contributed by atoms with Crippen molar-refractivity contribution < 1.29 is 4.74 Å². The van der Waals surface area contributed by atoms with Crippen LogP contribution in [0.3, 0.4) is 0 Å². The molecule has 0 saturated heterocycles. The molecule has 1 heterocycles. The summed E-state index contributed by atoms with van der Waals surface area (Å²) in [6.07, 6.45) is 1.71. The second kappa shape index (κ2) is 6.23. The van der Waals surface area contributed by atoms with E-state index in [9.17, 15) is 0 Å². The number of rotatable bonds is 4. The minimum atomic E-state index is -0.262. The molecular formula is C13H15BrIN3O. The maximum Gasteiger partial charge on any atom is 0.161 e. The van der Waals surface area contributed by atoms with Gasteiger partial charge < -0.3 is 10.5 Å². The van der Waals surface area contributed by atoms with E-state index in [1.807, 2.05) is 29.8 Å². The maximum atomic E-state index is 6.42. The van der Waals surface area contributed by atoms with Gasteiger partial charge in [-0.25, -0.2) is 0 Å². The molecule has 1 unspecified atom stereocenters. The number of nitrogens with two attached hydrogens (primary N) is 1. The SMILES string of the molecule is CCn1ncc(OC)c1C(N)c1cc(Br)ccc1I. The highest BCUT2D eigenvalue weighted by Gasteiger charge is 2.21. The van der Waals surface area contributed by atoms with E-state index in [2.05, 4.69) is 43.6 Å². The zero-order chi connectivity index (χ0) is 14.0. The molecule has 2 aromatic rings. The van der Waals surface area contributed by atoms with Crippen molar-refractivity contribution in [3.8, 4) is 5.75 Å². The Morgan fingerprint density at radius 2 is 2.26 bits per heavy atom. The monoisotopic (exact) mass is 435 g/mol. The third-order valence-corrected chi connectivity index (χ3v) is 4.43. The minimum absolute atomic E-state index is 0.262. The normalized spacial score (nSPS) is 12.5. The average molecular weight is 436 g/mol. The van der Waals surface area contributed by atoms with Crippen LogP contribution in [0.2, 0.25) is 0 Å². The Bertz CT molecular complexity index is 564. The Labute approximate surface area is 134 Å². The van der Waals surface area contributed by atoms with Gasteiger partial charge in [0.1, 0.15) is 5.69 Å². The second-order valence-corrected chi connectivity index (χ2v) is 6.14. The molecule has 6 heteroatoms. The van der Waals surface area contributed by atoms with Crippen molar-refractivity contribution in [2.75, 3.05) is 7.11 Å². The minimum Gasteiger partial charge on any atom is -0.493 e. The van der Waals surface area contributed by atoms with E-state index in [0.717, 1.165) is 31.6 Å². The van der Waals surface area contributed by atoms with E-state index in [-0.39, 0.29) is 6.04 Å². The van der Waals surface area contributed by atoms with Crippen LogP contribution >= 0.6 is 38.5 Å². The van der Waals surface area contributed by atoms with E-state index in [0.29, 0.717) is 0 Å². The Hall–Kier alpha value is -0.600. The van der Waals surface area contributed by atoms with Gasteiger partial charge in [0.2, 0.25) is 0 Å². The highest BCUT2D eigenvalue weighted by atomic mass is 127. The molecule has 0 saturated carbocycles. The molecule has 0 spiro atoms. The van der Waals surface area contributed by atoms with Crippen molar-refractivity contribution in [2.45, 2.75) is 19.5 Å². The first-order chi connectivity index (χ1) is 9.08. The average Bonchev–Trinajstić information content (AvgIpc) is 2.83. The zero-order valence-corrected chi connectivity index (χ0v) is 14.5. The van der Waals surface area contributed by atoms with Gasteiger partial charge in [0, 0.05) is 14.6 Å². The number of hydrogen-bond acceptors (Lipinski definition) is 3. The van der Waals surface area contributed by atoms with Crippen molar-refractivity contribution in [3.63, 3.8) is 0 Å². The van der Waals surface area contributed by atoms with E-state index in [1.54, 1.807) is 13.3 Å². The Kier molecular flexibility index (Phi) is 4.86. The molecule has 2 rings (SSSR count). The zero-order valence-electron chi connectivity index (χ0n) is 10.7. The van der Waals surface area contributed by atoms with Gasteiger partial charge in [-0.3, -0.25) is 4.68 Å². The molecular weight excluding hydrogens is 421 g/mol. The van der Waals surface area contributed by atoms with Crippen LogP contribution in [-0.4, -0.2) is 16.9 Å². The first-order valence-corrected chi connectivity index (χ1v) is 7.75. The van der Waals surface area contributed by atoms with Crippen LogP contribution in [0.25, 0.3) is 0 Å². The van der Waals surface area contributed by atoms with Gasteiger partial charge in [0.25, 0.3) is 0 Å². The third kappa shape index (κ3) is 2.95. The van der Waals surface area contributed by atoms with Crippen LogP contribution in [0.15, 0.2) is 28.9 Å². The summed E-state index contributed by atoms with van der Waals surface area (Å²) in [5.41, 5.74) is 8.38. The van der Waals surface area contributed by atoms with E-state index in [4.69, 9.17) is 10.5 Å². The van der Waals surface area contributed by atoms with Crippen LogP contribution in [0, 0.1) is 3.57 Å². The molecule has 0 radical (unpaired) electrons. The predicted octanol–water partition coefficient (Wildman–Crippen LogP) is 3.33. The molecule has 1 atom stereocenters. The van der Waals surface area contributed by atoms with Crippen LogP contribution in [0.1, 0.15) is 24.2 Å². The van der Waals surface area contributed by atoms with Gasteiger partial charge in [-0.2, -0.15) is 5.10 Å². The van der Waals surface area contributed by atoms with Crippen molar-refractivity contribution in [1.29, 1.82) is 0 Å². The molecule has 0 aliphatic carbocycles. The number of hydrogen-bond donors (Lipinski definition) is 1. The van der Waals surface area contributed by atoms with Crippen LogP contribution < -0.4 is 10.5 Å². The smallest absolute Gasteiger partial charge is 0.161 e. The van der Waals surface area contributed by atoms with Crippen molar-refractivity contribution in [1.82, 2.24) is 9.78 Å². The lowest BCUT2D eigenvalue weighted by Gasteiger charge is -2.17. The van der Waals surface area contributed by atoms with Gasteiger partial charge in [-0.15, -0.1) is 0 Å². The van der Waals surface area contributed by atoms with Gasteiger partial charge in [-0.1, -0.05) is 15.9 Å². The first-order valence-electron chi connectivity index (χ1n) is 5.88. The fourth-order valence-corrected chi connectivity index (χ4v) is 3.05. The topological polar surface area (TPSA) is 53.1 Å². The number of halogens is 2. The molecule has 1 aromatic carbocycles. The second-order valence-electron chi connectivity index (χ2n) is 4.06. The van der Waals surface area contributed by atoms with Gasteiger partial charge >= 0.3 is 0 Å². The number of aromatic nitrogens is 2. The number of aryl methyl sites for hydroxylation is 1. The summed E-state index contributed by atoms with van der Waals surface area (Å²) < 4.78 is 9.38. The first kappa shape index (κ1) is 14.8. The summed E-state index contributed by atoms with van der Waals surface area (Å²) in [7, 11) is 1.64. The standard InChI is InChI=1S/C13H15BrIN3O/c1-3-18-13(11(19-2)7-17-18)12(16)9-6-8(14)4-5-10(9)15/h4-7,12H,3,16H2,1-2H3. The lowest BCUT2D eigenvalue weighted by atomic mass is 10.0. The van der Waals surface area contributed by atoms with E-state index >= 15 is 0 Å². The molecule has 1 aromatic heterocycles. The quantitative estimate of drug-likeness (QED) is 0.749. The molecule has 0 aliphatic rings. The highest BCUT2D eigenvalue weighted by molar-refractivity contribution is 14.1. The molecule has 0 aliphatic heterocycles. The van der Waals surface area contributed by atoms with Crippen LogP contribution in [0.4, 0.5) is 0 Å². The lowest BCUT2D eigenvalue weighted by molar-refractivity contribution is 0.404. The summed E-state index contributed by atoms with van der Waals surface area (Å²) in [5.74, 6) is 0.727. The Morgan fingerprint density at radius 3 is 2.89 bits per heavy atom. The lowest BCUT2D eigenvalue weighted by Crippen LogP contribution is -2.19. The third-order valence-electron chi connectivity index (χ3n) is 2.95. The summed E-state index contributed by atoms with van der Waals surface area (Å²) in [5, 5.41) is 4.30. The predicted molar refractivity (Wildman–Crippen MR) is 87.3 cm³/mol. The Morgan fingerprint density at radius 1 is 1.53 bits per heavy atom. The highest BCUT2D eigenvalue weighted by Crippen LogP contribution is 2.32. The van der Waals surface area contributed by atoms with E-state index < -0.39 is 0 Å². The van der Waals surface area contributed by atoms with Crippen molar-refractivity contribution in [2.24, 2.45) is 5.73 Å². The van der Waals surface area contributed by atoms with Crippen LogP contribution in [-0.2, 0) is 6.54 Å². The number of benzene rings is 1. The molecule has 0 fully saturated rings. The van der Waals surface area contributed by atoms with Gasteiger partial charge in [0.15, 0.2) is 5.75 Å². The Balaban J connectivity index is 2.51. The van der Waals surface area contributed by atoms with Crippen molar-refractivity contribution in [3.05, 3.63) is 43.7 Å². The van der Waals surface area contributed by atoms with E-state index in [1.165, 1.54) is 0 Å². The fraction of sp³-hybridized carbons (Fsp3) is 0.308. The summed E-state index contributed by atoms with van der Waals surface area (Å²) in [4.78, 5) is 0. The summed E-state index contributed by atoms with van der Waals surface area (Å²) in [6, 6.07) is 5.83. The van der Waals surface area contributed by atoms with Crippen LogP contribution in [0.5, 0.6) is 5.75 Å². The molecule has 0 bridgehead atoms. The van der Waals surface area contributed by atoms with Crippen molar-refractivity contribution >= 4 is 38.5 Å². The molecule has 102 valence electrons. The molecule has 19 heavy (non-hydrogen) atoms.